The van der Waals surface area contributed by atoms with Crippen molar-refractivity contribution < 1.29 is 44.5 Å². The van der Waals surface area contributed by atoms with E-state index in [9.17, 15) is 18.9 Å². The van der Waals surface area contributed by atoms with Crippen LogP contribution in [0.25, 0.3) is 10.6 Å². The third kappa shape index (κ3) is 9.84. The van der Waals surface area contributed by atoms with Crippen molar-refractivity contribution in [1.82, 2.24) is 0 Å². The predicted molar refractivity (Wildman–Crippen MR) is 104 cm³/mol. The number of hydrogen-bond donors (Lipinski definition) is 2. The largest absolute Gasteiger partial charge is 2.00 e. The van der Waals surface area contributed by atoms with Gasteiger partial charge in [-0.2, -0.15) is 0 Å². The molecule has 2 rings (SSSR count). The molecule has 2 N–H and O–H groups in total. The van der Waals surface area contributed by atoms with E-state index >= 15 is 0 Å². The van der Waals surface area contributed by atoms with E-state index in [0.717, 1.165) is 25.7 Å². The van der Waals surface area contributed by atoms with Crippen LogP contribution in [0, 0.1) is 0 Å². The normalized spacial score (nSPS) is 32.8. The molecule has 0 spiro atoms. The summed E-state index contributed by atoms with van der Waals surface area (Å²) in [4.78, 5) is 19.0. The van der Waals surface area contributed by atoms with Crippen LogP contribution in [-0.4, -0.2) is 46.7 Å². The molecule has 2 saturated heterocycles. The summed E-state index contributed by atoms with van der Waals surface area (Å²) in [7, 11) is -6.94. The Morgan fingerprint density at radius 3 is 1.41 bits per heavy atom. The zero-order valence-corrected chi connectivity index (χ0v) is 19.4. The summed E-state index contributed by atoms with van der Waals surface area (Å²) in [6, 6.07) is 0.388. The molecule has 0 aromatic heterocycles. The van der Waals surface area contributed by atoms with E-state index in [-0.39, 0.29) is 41.8 Å². The monoisotopic (exact) mass is 470 g/mol. The van der Waals surface area contributed by atoms with Gasteiger partial charge in [-0.05, 0) is 25.4 Å². The van der Waals surface area contributed by atoms with E-state index in [0.29, 0.717) is 12.8 Å². The van der Waals surface area contributed by atoms with Crippen LogP contribution in [0.15, 0.2) is 0 Å². The van der Waals surface area contributed by atoms with Crippen LogP contribution < -0.4 is 0 Å². The minimum Gasteiger partial charge on any atom is -0.647 e. The zero-order chi connectivity index (χ0) is 19.8. The standard InChI is InChI=1S/2C8H17NO3P.Ni/c2*1-3-12-13(10,11)8-6-4-5-7(2)9-8;/h2*7-8H,3-6H2,1-2H3,(H,10,11);/q2*-1;+2. The first-order valence-corrected chi connectivity index (χ1v) is 12.8. The number of rotatable bonds is 6. The molecule has 0 radical (unpaired) electrons. The first kappa shape index (κ1) is 27.7. The van der Waals surface area contributed by atoms with Gasteiger partial charge in [0.25, 0.3) is 0 Å². The maximum Gasteiger partial charge on any atom is 2.00 e. The second-order valence-electron chi connectivity index (χ2n) is 6.78. The molecule has 0 saturated carbocycles. The van der Waals surface area contributed by atoms with Crippen molar-refractivity contribution in [3.8, 4) is 0 Å². The van der Waals surface area contributed by atoms with Gasteiger partial charge in [0.2, 0.25) is 0 Å². The second kappa shape index (κ2) is 13.1. The van der Waals surface area contributed by atoms with Crippen molar-refractivity contribution in [1.29, 1.82) is 0 Å². The summed E-state index contributed by atoms with van der Waals surface area (Å²) >= 11 is 0. The first-order chi connectivity index (χ1) is 12.1. The number of nitrogens with zero attached hydrogens (tertiary/aromatic N) is 2. The summed E-state index contributed by atoms with van der Waals surface area (Å²) in [5.41, 5.74) is 0. The molecule has 8 nitrogen and oxygen atoms in total. The molecule has 0 aromatic rings. The molecule has 0 bridgehead atoms. The first-order valence-electron chi connectivity index (χ1n) is 9.46. The van der Waals surface area contributed by atoms with Crippen LogP contribution in [0.5, 0.6) is 0 Å². The Morgan fingerprint density at radius 2 is 1.15 bits per heavy atom. The molecule has 11 heteroatoms. The summed E-state index contributed by atoms with van der Waals surface area (Å²) in [5.74, 6) is -0.979. The smallest absolute Gasteiger partial charge is 0.647 e. The fraction of sp³-hybridized carbons (Fsp3) is 1.00. The van der Waals surface area contributed by atoms with Crippen LogP contribution in [0.1, 0.15) is 66.2 Å². The Labute approximate surface area is 173 Å². The van der Waals surface area contributed by atoms with Crippen molar-refractivity contribution in [3.05, 3.63) is 10.6 Å². The second-order valence-corrected chi connectivity index (χ2v) is 10.7. The summed E-state index contributed by atoms with van der Waals surface area (Å²) in [6.45, 7) is 7.92. The third-order valence-corrected chi connectivity index (χ3v) is 7.95. The van der Waals surface area contributed by atoms with Gasteiger partial charge in [-0.25, -0.2) is 0 Å². The van der Waals surface area contributed by atoms with Gasteiger partial charge in [-0.3, -0.25) is 9.13 Å². The third-order valence-electron chi connectivity index (χ3n) is 4.40. The van der Waals surface area contributed by atoms with E-state index in [1.165, 1.54) is 0 Å². The number of hydrogen-bond acceptors (Lipinski definition) is 4. The molecule has 2 aliphatic heterocycles. The Hall–Kier alpha value is 0.714. The molecular weight excluding hydrogens is 437 g/mol. The van der Waals surface area contributed by atoms with Crippen molar-refractivity contribution in [2.75, 3.05) is 13.2 Å². The van der Waals surface area contributed by atoms with Crippen molar-refractivity contribution in [2.24, 2.45) is 0 Å². The van der Waals surface area contributed by atoms with Gasteiger partial charge in [-0.1, -0.05) is 52.4 Å². The van der Waals surface area contributed by atoms with Gasteiger partial charge in [0.1, 0.15) is 0 Å². The van der Waals surface area contributed by atoms with Gasteiger partial charge < -0.3 is 29.5 Å². The van der Waals surface area contributed by atoms with E-state index < -0.39 is 26.8 Å². The Bertz CT molecular complexity index is 469. The quantitative estimate of drug-likeness (QED) is 0.418. The van der Waals surface area contributed by atoms with Crippen LogP contribution in [0.2, 0.25) is 0 Å². The average molecular weight is 471 g/mol. The average Bonchev–Trinajstić information content (AvgIpc) is 2.55. The van der Waals surface area contributed by atoms with E-state index in [1.54, 1.807) is 13.8 Å². The Morgan fingerprint density at radius 1 is 0.815 bits per heavy atom. The van der Waals surface area contributed by atoms with Crippen molar-refractivity contribution >= 4 is 15.2 Å². The molecule has 2 aliphatic rings. The molecule has 6 unspecified atom stereocenters. The SMILES string of the molecule is CCOP(=O)(O)C1CCCC(C)[N-]1.CCOP(=O)(O)C1CCCC(C)[N-]1.[Ni+2]. The molecule has 0 aromatic carbocycles. The number of piperidine rings is 2. The van der Waals surface area contributed by atoms with Crippen LogP contribution in [0.3, 0.4) is 0 Å². The summed E-state index contributed by atoms with van der Waals surface area (Å²) in [6.07, 6.45) is 5.32. The van der Waals surface area contributed by atoms with E-state index in [4.69, 9.17) is 9.05 Å². The minimum atomic E-state index is -3.47. The maximum atomic E-state index is 11.6. The van der Waals surface area contributed by atoms with Gasteiger partial charge in [-0.15, -0.1) is 12.1 Å². The fourth-order valence-electron chi connectivity index (χ4n) is 3.11. The van der Waals surface area contributed by atoms with Gasteiger partial charge in [0, 0.05) is 0 Å². The molecule has 2 heterocycles. The zero-order valence-electron chi connectivity index (χ0n) is 16.6. The molecule has 0 aliphatic carbocycles. The van der Waals surface area contributed by atoms with Crippen molar-refractivity contribution in [3.63, 3.8) is 0 Å². The molecule has 0 amide bonds. The van der Waals surface area contributed by atoms with Crippen LogP contribution in [0.4, 0.5) is 0 Å². The van der Waals surface area contributed by atoms with Gasteiger partial charge in [0.05, 0.1) is 13.2 Å². The van der Waals surface area contributed by atoms with Gasteiger partial charge in [0.15, 0.2) is 0 Å². The minimum absolute atomic E-state index is 0. The summed E-state index contributed by atoms with van der Waals surface area (Å²) in [5, 5.41) is 8.47. The predicted octanol–water partition coefficient (Wildman–Crippen LogP) is 4.96. The van der Waals surface area contributed by atoms with Crippen LogP contribution in [-0.2, 0) is 34.7 Å². The maximum absolute atomic E-state index is 11.6. The molecule has 164 valence electrons. The molecule has 2 fully saturated rings. The van der Waals surface area contributed by atoms with Crippen LogP contribution >= 0.6 is 15.2 Å². The summed E-state index contributed by atoms with van der Waals surface area (Å²) < 4.78 is 32.8. The Balaban J connectivity index is 0.000000483. The fourth-order valence-corrected chi connectivity index (χ4v) is 6.01. The Kier molecular flexibility index (Phi) is 13.5. The topological polar surface area (TPSA) is 121 Å². The van der Waals surface area contributed by atoms with Gasteiger partial charge >= 0.3 is 31.7 Å². The molecular formula is C16H34N2NiO6P2. The molecule has 27 heavy (non-hydrogen) atoms. The van der Waals surface area contributed by atoms with E-state index in [2.05, 4.69) is 10.6 Å². The van der Waals surface area contributed by atoms with E-state index in [1.807, 2.05) is 13.8 Å². The molecule has 6 atom stereocenters. The van der Waals surface area contributed by atoms with Crippen molar-refractivity contribution in [2.45, 2.75) is 89.9 Å².